The van der Waals surface area contributed by atoms with Crippen LogP contribution in [0, 0.1) is 5.92 Å². The van der Waals surface area contributed by atoms with Crippen molar-refractivity contribution in [1.82, 2.24) is 9.80 Å². The Bertz CT molecular complexity index is 456. The molecule has 0 radical (unpaired) electrons. The molecule has 0 aliphatic carbocycles. The van der Waals surface area contributed by atoms with Crippen LogP contribution in [0.2, 0.25) is 0 Å². The second-order valence-corrected chi connectivity index (χ2v) is 6.11. The van der Waals surface area contributed by atoms with Crippen molar-refractivity contribution in [1.29, 1.82) is 0 Å². The molecule has 1 aliphatic heterocycles. The highest BCUT2D eigenvalue weighted by molar-refractivity contribution is 5.76. The van der Waals surface area contributed by atoms with Crippen LogP contribution >= 0.6 is 0 Å². The average molecular weight is 290 g/mol. The SMILES string of the molecule is COc1ccc(CN2CCN(CC(C)C)CCC2=O)cc1. The van der Waals surface area contributed by atoms with E-state index < -0.39 is 0 Å². The number of benzene rings is 1. The van der Waals surface area contributed by atoms with Crippen LogP contribution in [0.15, 0.2) is 24.3 Å². The van der Waals surface area contributed by atoms with Gasteiger partial charge in [0.05, 0.1) is 7.11 Å². The molecule has 1 fully saturated rings. The van der Waals surface area contributed by atoms with Gasteiger partial charge < -0.3 is 14.5 Å². The Hall–Kier alpha value is -1.55. The maximum atomic E-state index is 12.2. The molecule has 1 aliphatic rings. The lowest BCUT2D eigenvalue weighted by Gasteiger charge is -2.23. The number of ether oxygens (including phenoxy) is 1. The molecule has 2 rings (SSSR count). The molecular weight excluding hydrogens is 264 g/mol. The van der Waals surface area contributed by atoms with Crippen molar-refractivity contribution in [3.05, 3.63) is 29.8 Å². The molecule has 0 bridgehead atoms. The molecule has 0 saturated carbocycles. The van der Waals surface area contributed by atoms with Crippen molar-refractivity contribution in [2.75, 3.05) is 33.3 Å². The number of carbonyl (C=O) groups is 1. The van der Waals surface area contributed by atoms with Gasteiger partial charge in [-0.05, 0) is 23.6 Å². The van der Waals surface area contributed by atoms with Crippen LogP contribution in [-0.4, -0.2) is 49.0 Å². The zero-order chi connectivity index (χ0) is 15.2. The Balaban J connectivity index is 1.94. The van der Waals surface area contributed by atoms with E-state index in [2.05, 4.69) is 18.7 Å². The van der Waals surface area contributed by atoms with E-state index in [9.17, 15) is 4.79 Å². The zero-order valence-corrected chi connectivity index (χ0v) is 13.3. The first-order valence-corrected chi connectivity index (χ1v) is 7.71. The summed E-state index contributed by atoms with van der Waals surface area (Å²) in [6, 6.07) is 7.96. The molecule has 1 aromatic carbocycles. The number of methoxy groups -OCH3 is 1. The lowest BCUT2D eigenvalue weighted by molar-refractivity contribution is -0.130. The van der Waals surface area contributed by atoms with E-state index in [1.165, 1.54) is 0 Å². The van der Waals surface area contributed by atoms with Gasteiger partial charge in [0, 0.05) is 39.1 Å². The molecule has 116 valence electrons. The summed E-state index contributed by atoms with van der Waals surface area (Å²) < 4.78 is 5.16. The average Bonchev–Trinajstić information content (AvgIpc) is 2.63. The van der Waals surface area contributed by atoms with Gasteiger partial charge in [0.25, 0.3) is 0 Å². The van der Waals surface area contributed by atoms with Crippen molar-refractivity contribution in [2.24, 2.45) is 5.92 Å². The third-order valence-corrected chi connectivity index (χ3v) is 3.84. The van der Waals surface area contributed by atoms with Crippen LogP contribution in [0.3, 0.4) is 0 Å². The maximum Gasteiger partial charge on any atom is 0.224 e. The van der Waals surface area contributed by atoms with Gasteiger partial charge in [-0.3, -0.25) is 4.79 Å². The third-order valence-electron chi connectivity index (χ3n) is 3.84. The first-order valence-electron chi connectivity index (χ1n) is 7.71. The van der Waals surface area contributed by atoms with Gasteiger partial charge in [0.15, 0.2) is 0 Å². The maximum absolute atomic E-state index is 12.2. The van der Waals surface area contributed by atoms with Gasteiger partial charge in [0.1, 0.15) is 5.75 Å². The van der Waals surface area contributed by atoms with Gasteiger partial charge >= 0.3 is 0 Å². The number of nitrogens with zero attached hydrogens (tertiary/aromatic N) is 2. The Morgan fingerprint density at radius 1 is 1.14 bits per heavy atom. The summed E-state index contributed by atoms with van der Waals surface area (Å²) in [5.41, 5.74) is 1.15. The molecule has 0 aromatic heterocycles. The first kappa shape index (κ1) is 15.8. The van der Waals surface area contributed by atoms with Gasteiger partial charge in [0.2, 0.25) is 5.91 Å². The normalized spacial score (nSPS) is 17.1. The molecule has 0 unspecified atom stereocenters. The Morgan fingerprint density at radius 2 is 1.86 bits per heavy atom. The van der Waals surface area contributed by atoms with Crippen molar-refractivity contribution >= 4 is 5.91 Å². The topological polar surface area (TPSA) is 32.8 Å². The Kier molecular flexibility index (Phi) is 5.62. The minimum absolute atomic E-state index is 0.261. The quantitative estimate of drug-likeness (QED) is 0.835. The third kappa shape index (κ3) is 4.74. The van der Waals surface area contributed by atoms with Gasteiger partial charge in [-0.25, -0.2) is 0 Å². The molecule has 1 saturated heterocycles. The monoisotopic (exact) mass is 290 g/mol. The van der Waals surface area contributed by atoms with Crippen molar-refractivity contribution in [3.63, 3.8) is 0 Å². The number of amides is 1. The molecule has 4 heteroatoms. The fourth-order valence-electron chi connectivity index (χ4n) is 2.73. The number of carbonyl (C=O) groups excluding carboxylic acids is 1. The molecule has 1 amide bonds. The minimum atomic E-state index is 0.261. The van der Waals surface area contributed by atoms with Crippen LogP contribution in [0.5, 0.6) is 5.75 Å². The summed E-state index contributed by atoms with van der Waals surface area (Å²) >= 11 is 0. The summed E-state index contributed by atoms with van der Waals surface area (Å²) in [5.74, 6) is 1.76. The second kappa shape index (κ2) is 7.46. The smallest absolute Gasteiger partial charge is 0.224 e. The Morgan fingerprint density at radius 3 is 2.48 bits per heavy atom. The summed E-state index contributed by atoms with van der Waals surface area (Å²) in [6.07, 6.45) is 0.628. The molecule has 21 heavy (non-hydrogen) atoms. The second-order valence-electron chi connectivity index (χ2n) is 6.11. The van der Waals surface area contributed by atoms with E-state index >= 15 is 0 Å². The fourth-order valence-corrected chi connectivity index (χ4v) is 2.73. The van der Waals surface area contributed by atoms with E-state index in [0.717, 1.165) is 37.5 Å². The van der Waals surface area contributed by atoms with Crippen LogP contribution in [0.25, 0.3) is 0 Å². The molecule has 0 spiro atoms. The summed E-state index contributed by atoms with van der Waals surface area (Å²) in [7, 11) is 1.66. The first-order chi connectivity index (χ1) is 10.1. The highest BCUT2D eigenvalue weighted by atomic mass is 16.5. The number of hydrogen-bond acceptors (Lipinski definition) is 3. The number of rotatable bonds is 5. The Labute approximate surface area is 127 Å². The standard InChI is InChI=1S/C17H26N2O2/c1-14(2)12-18-9-8-17(20)19(11-10-18)13-15-4-6-16(21-3)7-5-15/h4-7,14H,8-13H2,1-3H3. The molecule has 0 atom stereocenters. The van der Waals surface area contributed by atoms with E-state index in [1.807, 2.05) is 29.2 Å². The summed E-state index contributed by atoms with van der Waals surface area (Å²) in [4.78, 5) is 16.6. The van der Waals surface area contributed by atoms with E-state index in [4.69, 9.17) is 4.74 Å². The minimum Gasteiger partial charge on any atom is -0.497 e. The van der Waals surface area contributed by atoms with Crippen molar-refractivity contribution in [2.45, 2.75) is 26.8 Å². The van der Waals surface area contributed by atoms with Gasteiger partial charge in [-0.1, -0.05) is 26.0 Å². The highest BCUT2D eigenvalue weighted by Gasteiger charge is 2.21. The van der Waals surface area contributed by atoms with Gasteiger partial charge in [-0.15, -0.1) is 0 Å². The van der Waals surface area contributed by atoms with Crippen LogP contribution in [-0.2, 0) is 11.3 Å². The molecule has 0 N–H and O–H groups in total. The highest BCUT2D eigenvalue weighted by Crippen LogP contribution is 2.15. The van der Waals surface area contributed by atoms with Gasteiger partial charge in [-0.2, -0.15) is 0 Å². The zero-order valence-electron chi connectivity index (χ0n) is 13.3. The van der Waals surface area contributed by atoms with E-state index in [-0.39, 0.29) is 5.91 Å². The van der Waals surface area contributed by atoms with E-state index in [1.54, 1.807) is 7.11 Å². The summed E-state index contributed by atoms with van der Waals surface area (Å²) in [6.45, 7) is 8.89. The van der Waals surface area contributed by atoms with Crippen LogP contribution in [0.1, 0.15) is 25.8 Å². The summed E-state index contributed by atoms with van der Waals surface area (Å²) in [5, 5.41) is 0. The largest absolute Gasteiger partial charge is 0.497 e. The fraction of sp³-hybridized carbons (Fsp3) is 0.588. The lowest BCUT2D eigenvalue weighted by atomic mass is 10.2. The molecule has 1 heterocycles. The molecule has 1 aromatic rings. The van der Waals surface area contributed by atoms with Crippen molar-refractivity contribution in [3.8, 4) is 5.75 Å². The predicted octanol–water partition coefficient (Wildman–Crippen LogP) is 2.39. The predicted molar refractivity (Wildman–Crippen MR) is 84.3 cm³/mol. The van der Waals surface area contributed by atoms with E-state index in [0.29, 0.717) is 18.9 Å². The van der Waals surface area contributed by atoms with Crippen molar-refractivity contribution < 1.29 is 9.53 Å². The van der Waals surface area contributed by atoms with Crippen LogP contribution < -0.4 is 4.74 Å². The lowest BCUT2D eigenvalue weighted by Crippen LogP contribution is -2.34. The van der Waals surface area contributed by atoms with Crippen LogP contribution in [0.4, 0.5) is 0 Å². The number of hydrogen-bond donors (Lipinski definition) is 0. The molecular formula is C17H26N2O2. The molecule has 4 nitrogen and oxygen atoms in total.